The number of nitrogens with zero attached hydrogens (tertiary/aromatic N) is 2. The van der Waals surface area contributed by atoms with Crippen LogP contribution in [0.4, 0.5) is 5.95 Å². The molecule has 122 valence electrons. The van der Waals surface area contributed by atoms with Gasteiger partial charge in [-0.1, -0.05) is 0 Å². The Hall–Kier alpha value is -2.60. The van der Waals surface area contributed by atoms with E-state index in [4.69, 9.17) is 10.5 Å². The first kappa shape index (κ1) is 16.3. The van der Waals surface area contributed by atoms with Crippen LogP contribution in [0.25, 0.3) is 22.5 Å². The van der Waals surface area contributed by atoms with E-state index in [-0.39, 0.29) is 11.7 Å². The number of halogens is 1. The summed E-state index contributed by atoms with van der Waals surface area (Å²) >= 11 is 3.35. The topological polar surface area (TPSA) is 81.3 Å². The van der Waals surface area contributed by atoms with Gasteiger partial charge >= 0.3 is 0 Å². The summed E-state index contributed by atoms with van der Waals surface area (Å²) in [5.74, 6) is 1.04. The summed E-state index contributed by atoms with van der Waals surface area (Å²) in [5.41, 5.74) is 9.61. The van der Waals surface area contributed by atoms with E-state index in [2.05, 4.69) is 25.9 Å². The highest BCUT2D eigenvalue weighted by molar-refractivity contribution is 9.10. The van der Waals surface area contributed by atoms with Crippen LogP contribution in [0.2, 0.25) is 0 Å². The average molecular weight is 386 g/mol. The maximum atomic E-state index is 10.3. The molecule has 0 amide bonds. The van der Waals surface area contributed by atoms with Gasteiger partial charge < -0.3 is 15.6 Å². The molecule has 0 radical (unpaired) electrons. The minimum atomic E-state index is 0.124. The van der Waals surface area contributed by atoms with Gasteiger partial charge in [-0.15, -0.1) is 0 Å². The van der Waals surface area contributed by atoms with Gasteiger partial charge in [0.1, 0.15) is 11.5 Å². The normalized spacial score (nSPS) is 10.6. The molecule has 5 nitrogen and oxygen atoms in total. The zero-order chi connectivity index (χ0) is 17.3. The van der Waals surface area contributed by atoms with Crippen LogP contribution in [0, 0.1) is 6.92 Å². The summed E-state index contributed by atoms with van der Waals surface area (Å²) < 4.78 is 5.78. The van der Waals surface area contributed by atoms with Crippen molar-refractivity contribution in [3.63, 3.8) is 0 Å². The number of methoxy groups -OCH3 is 1. The Morgan fingerprint density at radius 1 is 1.04 bits per heavy atom. The van der Waals surface area contributed by atoms with Crippen molar-refractivity contribution in [1.82, 2.24) is 9.97 Å². The SMILES string of the molecule is COc1ccc(-c2cc(-c3cc(C)cc(Br)c3O)nc(N)n2)cc1. The predicted octanol–water partition coefficient (Wildman–Crippen LogP) is 4.18. The minimum absolute atomic E-state index is 0.124. The van der Waals surface area contributed by atoms with Gasteiger partial charge in [0.05, 0.1) is 23.0 Å². The van der Waals surface area contributed by atoms with Crippen LogP contribution in [0.3, 0.4) is 0 Å². The van der Waals surface area contributed by atoms with E-state index in [9.17, 15) is 5.11 Å². The van der Waals surface area contributed by atoms with Gasteiger partial charge in [-0.05, 0) is 70.9 Å². The van der Waals surface area contributed by atoms with Crippen molar-refractivity contribution < 1.29 is 9.84 Å². The summed E-state index contributed by atoms with van der Waals surface area (Å²) in [6, 6.07) is 13.0. The van der Waals surface area contributed by atoms with Crippen LogP contribution >= 0.6 is 15.9 Å². The highest BCUT2D eigenvalue weighted by Gasteiger charge is 2.13. The number of anilines is 1. The summed E-state index contributed by atoms with van der Waals surface area (Å²) in [7, 11) is 1.62. The first-order valence-corrected chi connectivity index (χ1v) is 8.05. The van der Waals surface area contributed by atoms with E-state index >= 15 is 0 Å². The standard InChI is InChI=1S/C18H16BrN3O2/c1-10-7-13(17(23)14(19)8-10)16-9-15(21-18(20)22-16)11-3-5-12(24-2)6-4-11/h3-9,23H,1-2H3,(H2,20,21,22). The van der Waals surface area contributed by atoms with Gasteiger partial charge in [-0.25, -0.2) is 9.97 Å². The van der Waals surface area contributed by atoms with E-state index < -0.39 is 0 Å². The molecule has 3 N–H and O–H groups in total. The third-order valence-electron chi connectivity index (χ3n) is 3.61. The number of ether oxygens (including phenoxy) is 1. The zero-order valence-electron chi connectivity index (χ0n) is 13.2. The largest absolute Gasteiger partial charge is 0.506 e. The summed E-state index contributed by atoms with van der Waals surface area (Å²) in [6.45, 7) is 1.95. The monoisotopic (exact) mass is 385 g/mol. The molecule has 24 heavy (non-hydrogen) atoms. The Labute approximate surface area is 148 Å². The van der Waals surface area contributed by atoms with Crippen molar-refractivity contribution in [3.05, 3.63) is 52.5 Å². The molecular formula is C18H16BrN3O2. The third-order valence-corrected chi connectivity index (χ3v) is 4.22. The number of hydrogen-bond donors (Lipinski definition) is 2. The molecule has 0 fully saturated rings. The number of phenols is 1. The minimum Gasteiger partial charge on any atom is -0.506 e. The Morgan fingerprint density at radius 2 is 1.71 bits per heavy atom. The molecule has 6 heteroatoms. The van der Waals surface area contributed by atoms with Crippen molar-refractivity contribution in [2.45, 2.75) is 6.92 Å². The Morgan fingerprint density at radius 3 is 2.38 bits per heavy atom. The third kappa shape index (κ3) is 3.19. The first-order chi connectivity index (χ1) is 11.5. The first-order valence-electron chi connectivity index (χ1n) is 7.26. The Bertz CT molecular complexity index is 896. The molecule has 0 aliphatic heterocycles. The van der Waals surface area contributed by atoms with Gasteiger partial charge in [0.25, 0.3) is 0 Å². The van der Waals surface area contributed by atoms with Crippen molar-refractivity contribution in [1.29, 1.82) is 0 Å². The molecule has 0 aliphatic rings. The molecule has 3 aromatic rings. The molecule has 0 saturated carbocycles. The lowest BCUT2D eigenvalue weighted by Crippen LogP contribution is -1.99. The number of rotatable bonds is 3. The highest BCUT2D eigenvalue weighted by Crippen LogP contribution is 2.37. The maximum absolute atomic E-state index is 10.3. The number of nitrogens with two attached hydrogens (primary N) is 1. The summed E-state index contributed by atoms with van der Waals surface area (Å²) in [6.07, 6.45) is 0. The van der Waals surface area contributed by atoms with Gasteiger partial charge in [-0.2, -0.15) is 0 Å². The van der Waals surface area contributed by atoms with Crippen LogP contribution in [0.1, 0.15) is 5.56 Å². The maximum Gasteiger partial charge on any atom is 0.221 e. The number of nitrogen functional groups attached to an aromatic ring is 1. The van der Waals surface area contributed by atoms with E-state index in [0.717, 1.165) is 16.9 Å². The number of benzene rings is 2. The quantitative estimate of drug-likeness (QED) is 0.706. The number of phenolic OH excluding ortho intramolecular Hbond substituents is 1. The van der Waals surface area contributed by atoms with Gasteiger partial charge in [-0.3, -0.25) is 0 Å². The van der Waals surface area contributed by atoms with Crippen LogP contribution < -0.4 is 10.5 Å². The van der Waals surface area contributed by atoms with Gasteiger partial charge in [0, 0.05) is 11.1 Å². The van der Waals surface area contributed by atoms with E-state index in [1.807, 2.05) is 43.3 Å². The van der Waals surface area contributed by atoms with Crippen LogP contribution in [-0.2, 0) is 0 Å². The van der Waals surface area contributed by atoms with Gasteiger partial charge in [0.15, 0.2) is 0 Å². The molecule has 0 atom stereocenters. The lowest BCUT2D eigenvalue weighted by atomic mass is 10.0. The molecule has 3 rings (SSSR count). The Kier molecular flexibility index (Phi) is 4.40. The summed E-state index contributed by atoms with van der Waals surface area (Å²) in [4.78, 5) is 8.56. The van der Waals surface area contributed by atoms with Crippen molar-refractivity contribution in [2.24, 2.45) is 0 Å². The van der Waals surface area contributed by atoms with Crippen LogP contribution in [-0.4, -0.2) is 22.2 Å². The second-order valence-corrected chi connectivity index (χ2v) is 6.22. The molecule has 1 heterocycles. The van der Waals surface area contributed by atoms with E-state index in [0.29, 0.717) is 21.4 Å². The molecule has 1 aromatic heterocycles. The van der Waals surface area contributed by atoms with Crippen LogP contribution in [0.5, 0.6) is 11.5 Å². The smallest absolute Gasteiger partial charge is 0.221 e. The molecule has 0 spiro atoms. The fourth-order valence-electron chi connectivity index (χ4n) is 2.44. The second kappa shape index (κ2) is 6.49. The van der Waals surface area contributed by atoms with Crippen LogP contribution in [0.15, 0.2) is 46.9 Å². The molecular weight excluding hydrogens is 370 g/mol. The fraction of sp³-hybridized carbons (Fsp3) is 0.111. The number of aromatic hydroxyl groups is 1. The number of aromatic nitrogens is 2. The molecule has 0 saturated heterocycles. The van der Waals surface area contributed by atoms with E-state index in [1.54, 1.807) is 13.2 Å². The highest BCUT2D eigenvalue weighted by atomic mass is 79.9. The van der Waals surface area contributed by atoms with E-state index in [1.165, 1.54) is 0 Å². The lowest BCUT2D eigenvalue weighted by molar-refractivity contribution is 0.415. The molecule has 2 aromatic carbocycles. The number of aryl methyl sites for hydroxylation is 1. The van der Waals surface area contributed by atoms with Crippen molar-refractivity contribution >= 4 is 21.9 Å². The van der Waals surface area contributed by atoms with Crippen molar-refractivity contribution in [2.75, 3.05) is 12.8 Å². The zero-order valence-corrected chi connectivity index (χ0v) is 14.8. The number of hydrogen-bond acceptors (Lipinski definition) is 5. The van der Waals surface area contributed by atoms with Crippen molar-refractivity contribution in [3.8, 4) is 34.0 Å². The predicted molar refractivity (Wildman–Crippen MR) is 98.0 cm³/mol. The Balaban J connectivity index is 2.13. The molecule has 0 aliphatic carbocycles. The lowest BCUT2D eigenvalue weighted by Gasteiger charge is -2.10. The molecule has 0 unspecified atom stereocenters. The summed E-state index contributed by atoms with van der Waals surface area (Å²) in [5, 5.41) is 10.3. The molecule has 0 bridgehead atoms. The van der Waals surface area contributed by atoms with Gasteiger partial charge in [0.2, 0.25) is 5.95 Å². The second-order valence-electron chi connectivity index (χ2n) is 5.37. The fourth-order valence-corrected chi connectivity index (χ4v) is 3.02. The average Bonchev–Trinajstić information content (AvgIpc) is 2.57.